The number of rotatable bonds is 5. The molecular weight excluding hydrogens is 272 g/mol. The Morgan fingerprint density at radius 3 is 2.62 bits per heavy atom. The van der Waals surface area contributed by atoms with Crippen molar-refractivity contribution in [3.05, 3.63) is 35.4 Å². The van der Waals surface area contributed by atoms with Crippen LogP contribution in [-0.2, 0) is 0 Å². The highest BCUT2D eigenvalue weighted by Gasteiger charge is 2.32. The molecule has 0 bridgehead atoms. The molecule has 0 aliphatic heterocycles. The number of hydrogen-bond acceptors (Lipinski definition) is 2. The molecule has 4 heteroatoms. The molecule has 1 aromatic carbocycles. The van der Waals surface area contributed by atoms with Gasteiger partial charge in [0.1, 0.15) is 11.6 Å². The van der Waals surface area contributed by atoms with Crippen LogP contribution in [0.1, 0.15) is 57.6 Å². The summed E-state index contributed by atoms with van der Waals surface area (Å²) in [6, 6.07) is 3.15. The SMILES string of the molecule is CCC1CCC(O)(CNC(C)c2cc(F)ccc2F)CC1. The van der Waals surface area contributed by atoms with Gasteiger partial charge in [0.05, 0.1) is 5.60 Å². The summed E-state index contributed by atoms with van der Waals surface area (Å²) in [5.41, 5.74) is -0.412. The fourth-order valence-corrected chi connectivity index (χ4v) is 3.10. The fourth-order valence-electron chi connectivity index (χ4n) is 3.10. The van der Waals surface area contributed by atoms with Gasteiger partial charge in [0.2, 0.25) is 0 Å². The van der Waals surface area contributed by atoms with Crippen LogP contribution < -0.4 is 5.32 Å². The Hall–Kier alpha value is -1.00. The van der Waals surface area contributed by atoms with Crippen LogP contribution in [0, 0.1) is 17.6 Å². The van der Waals surface area contributed by atoms with Crippen LogP contribution in [-0.4, -0.2) is 17.3 Å². The second-order valence-electron chi connectivity index (χ2n) is 6.34. The average Bonchev–Trinajstić information content (AvgIpc) is 2.48. The van der Waals surface area contributed by atoms with Crippen molar-refractivity contribution in [1.29, 1.82) is 0 Å². The van der Waals surface area contributed by atoms with Gasteiger partial charge in [-0.05, 0) is 56.7 Å². The molecule has 2 N–H and O–H groups in total. The minimum atomic E-state index is -0.719. The van der Waals surface area contributed by atoms with Gasteiger partial charge in [-0.3, -0.25) is 0 Å². The minimum Gasteiger partial charge on any atom is -0.389 e. The lowest BCUT2D eigenvalue weighted by molar-refractivity contribution is -0.0104. The minimum absolute atomic E-state index is 0.306. The molecule has 2 nitrogen and oxygen atoms in total. The zero-order chi connectivity index (χ0) is 15.5. The molecule has 1 aliphatic rings. The first-order valence-corrected chi connectivity index (χ1v) is 7.84. The first kappa shape index (κ1) is 16.4. The van der Waals surface area contributed by atoms with Crippen molar-refractivity contribution in [2.24, 2.45) is 5.92 Å². The molecule has 0 radical (unpaired) electrons. The lowest BCUT2D eigenvalue weighted by Crippen LogP contribution is -2.44. The van der Waals surface area contributed by atoms with Crippen LogP contribution in [0.5, 0.6) is 0 Å². The van der Waals surface area contributed by atoms with Gasteiger partial charge in [0, 0.05) is 18.2 Å². The quantitative estimate of drug-likeness (QED) is 0.862. The van der Waals surface area contributed by atoms with Crippen molar-refractivity contribution in [3.8, 4) is 0 Å². The topological polar surface area (TPSA) is 32.3 Å². The van der Waals surface area contributed by atoms with Gasteiger partial charge in [-0.15, -0.1) is 0 Å². The van der Waals surface area contributed by atoms with E-state index in [0.717, 1.165) is 44.2 Å². The molecule has 0 amide bonds. The molecule has 1 saturated carbocycles. The van der Waals surface area contributed by atoms with E-state index in [9.17, 15) is 13.9 Å². The van der Waals surface area contributed by atoms with Crippen LogP contribution in [0.25, 0.3) is 0 Å². The monoisotopic (exact) mass is 297 g/mol. The third-order valence-electron chi connectivity index (χ3n) is 4.78. The molecule has 21 heavy (non-hydrogen) atoms. The van der Waals surface area contributed by atoms with E-state index >= 15 is 0 Å². The van der Waals surface area contributed by atoms with E-state index in [-0.39, 0.29) is 6.04 Å². The molecule has 0 spiro atoms. The van der Waals surface area contributed by atoms with Crippen LogP contribution in [0.4, 0.5) is 8.78 Å². The third kappa shape index (κ3) is 4.24. The predicted octanol–water partition coefficient (Wildman–Crippen LogP) is 3.95. The smallest absolute Gasteiger partial charge is 0.128 e. The Balaban J connectivity index is 1.92. The highest BCUT2D eigenvalue weighted by atomic mass is 19.1. The van der Waals surface area contributed by atoms with Crippen molar-refractivity contribution in [2.75, 3.05) is 6.54 Å². The number of hydrogen-bond donors (Lipinski definition) is 2. The molecule has 0 aromatic heterocycles. The average molecular weight is 297 g/mol. The first-order chi connectivity index (χ1) is 9.93. The van der Waals surface area contributed by atoms with Crippen LogP contribution >= 0.6 is 0 Å². The van der Waals surface area contributed by atoms with Crippen molar-refractivity contribution < 1.29 is 13.9 Å². The second kappa shape index (κ2) is 6.84. The lowest BCUT2D eigenvalue weighted by Gasteiger charge is -2.36. The van der Waals surface area contributed by atoms with Crippen molar-refractivity contribution in [2.45, 2.75) is 57.6 Å². The predicted molar refractivity (Wildman–Crippen MR) is 80.0 cm³/mol. The van der Waals surface area contributed by atoms with Crippen LogP contribution in [0.15, 0.2) is 18.2 Å². The number of aliphatic hydroxyl groups is 1. The summed E-state index contributed by atoms with van der Waals surface area (Å²) in [6.07, 6.45) is 4.79. The fraction of sp³-hybridized carbons (Fsp3) is 0.647. The van der Waals surface area contributed by atoms with E-state index in [2.05, 4.69) is 12.2 Å². The van der Waals surface area contributed by atoms with Gasteiger partial charge in [0.15, 0.2) is 0 Å². The summed E-state index contributed by atoms with van der Waals surface area (Å²) in [4.78, 5) is 0. The van der Waals surface area contributed by atoms with E-state index < -0.39 is 17.2 Å². The second-order valence-corrected chi connectivity index (χ2v) is 6.34. The molecule has 1 aliphatic carbocycles. The first-order valence-electron chi connectivity index (χ1n) is 7.84. The zero-order valence-corrected chi connectivity index (χ0v) is 12.8. The van der Waals surface area contributed by atoms with Gasteiger partial charge in [-0.25, -0.2) is 8.78 Å². The van der Waals surface area contributed by atoms with Gasteiger partial charge < -0.3 is 10.4 Å². The maximum atomic E-state index is 13.7. The molecule has 1 atom stereocenters. The molecule has 1 unspecified atom stereocenters. The summed E-state index contributed by atoms with van der Waals surface area (Å²) in [6.45, 7) is 4.39. The Morgan fingerprint density at radius 2 is 2.00 bits per heavy atom. The maximum Gasteiger partial charge on any atom is 0.128 e. The Bertz CT molecular complexity index is 470. The van der Waals surface area contributed by atoms with E-state index in [1.807, 2.05) is 0 Å². The molecular formula is C17H25F2NO. The highest BCUT2D eigenvalue weighted by Crippen LogP contribution is 2.33. The lowest BCUT2D eigenvalue weighted by atomic mass is 9.77. The maximum absolute atomic E-state index is 13.7. The van der Waals surface area contributed by atoms with Crippen LogP contribution in [0.2, 0.25) is 0 Å². The Labute approximate surface area is 125 Å². The van der Waals surface area contributed by atoms with Gasteiger partial charge in [0.25, 0.3) is 0 Å². The molecule has 1 aromatic rings. The summed E-state index contributed by atoms with van der Waals surface area (Å²) in [5.74, 6) is -0.149. The van der Waals surface area contributed by atoms with Crippen molar-refractivity contribution >= 4 is 0 Å². The van der Waals surface area contributed by atoms with Crippen LogP contribution in [0.3, 0.4) is 0 Å². The third-order valence-corrected chi connectivity index (χ3v) is 4.78. The number of nitrogens with one attached hydrogen (secondary N) is 1. The molecule has 2 rings (SSSR count). The van der Waals surface area contributed by atoms with Crippen molar-refractivity contribution in [3.63, 3.8) is 0 Å². The van der Waals surface area contributed by atoms with Gasteiger partial charge >= 0.3 is 0 Å². The standard InChI is InChI=1S/C17H25F2NO/c1-3-13-6-8-17(21,9-7-13)11-20-12(2)15-10-14(18)4-5-16(15)19/h4-5,10,12-13,20-21H,3,6-9,11H2,1-2H3. The van der Waals surface area contributed by atoms with E-state index in [4.69, 9.17) is 0 Å². The normalized spacial score (nSPS) is 27.6. The largest absolute Gasteiger partial charge is 0.389 e. The molecule has 0 saturated heterocycles. The number of benzene rings is 1. The summed E-state index contributed by atoms with van der Waals surface area (Å²) in [7, 11) is 0. The molecule has 1 fully saturated rings. The van der Waals surface area contributed by atoms with E-state index in [1.165, 1.54) is 6.07 Å². The van der Waals surface area contributed by atoms with Crippen molar-refractivity contribution in [1.82, 2.24) is 5.32 Å². The Kier molecular flexibility index (Phi) is 5.33. The van der Waals surface area contributed by atoms with Gasteiger partial charge in [-0.1, -0.05) is 13.3 Å². The molecule has 118 valence electrons. The van der Waals surface area contributed by atoms with Gasteiger partial charge in [-0.2, -0.15) is 0 Å². The van der Waals surface area contributed by atoms with E-state index in [0.29, 0.717) is 18.0 Å². The summed E-state index contributed by atoms with van der Waals surface area (Å²) < 4.78 is 26.9. The van der Waals surface area contributed by atoms with E-state index in [1.54, 1.807) is 6.92 Å². The zero-order valence-electron chi connectivity index (χ0n) is 12.8. The summed E-state index contributed by atoms with van der Waals surface area (Å²) >= 11 is 0. The highest BCUT2D eigenvalue weighted by molar-refractivity contribution is 5.21. The molecule has 0 heterocycles. The summed E-state index contributed by atoms with van der Waals surface area (Å²) in [5, 5.41) is 13.7. The Morgan fingerprint density at radius 1 is 1.33 bits per heavy atom. The number of halogens is 2.